The molecule has 106 valence electrons. The molecule has 1 aromatic heterocycles. The summed E-state index contributed by atoms with van der Waals surface area (Å²) in [5, 5.41) is 19.2. The number of aromatic amines is 1. The summed E-state index contributed by atoms with van der Waals surface area (Å²) in [5.74, 6) is -1.16. The van der Waals surface area contributed by atoms with Gasteiger partial charge in [0.05, 0.1) is 18.1 Å². The smallest absolute Gasteiger partial charge is 0.305 e. The van der Waals surface area contributed by atoms with Crippen LogP contribution < -0.4 is 5.32 Å². The molecule has 0 aliphatic heterocycles. The van der Waals surface area contributed by atoms with E-state index in [2.05, 4.69) is 15.5 Å². The highest BCUT2D eigenvalue weighted by atomic mass is 16.4. The van der Waals surface area contributed by atoms with E-state index in [1.807, 2.05) is 6.92 Å². The first kappa shape index (κ1) is 14.0. The molecule has 0 aliphatic rings. The zero-order valence-electron chi connectivity index (χ0n) is 11.2. The van der Waals surface area contributed by atoms with Crippen molar-refractivity contribution < 1.29 is 14.7 Å². The molecule has 3 N–H and O–H groups in total. The molecule has 0 radical (unpaired) electrons. The largest absolute Gasteiger partial charge is 0.481 e. The fraction of sp³-hybridized carbons (Fsp3) is 0.357. The first-order valence-corrected chi connectivity index (χ1v) is 6.56. The summed E-state index contributed by atoms with van der Waals surface area (Å²) in [6.45, 7) is 1.96. The maximum absolute atomic E-state index is 12.1. The number of H-pyrrole nitrogens is 1. The fourth-order valence-electron chi connectivity index (χ4n) is 2.14. The van der Waals surface area contributed by atoms with Crippen LogP contribution in [0.2, 0.25) is 0 Å². The Hall–Kier alpha value is -2.37. The predicted octanol–water partition coefficient (Wildman–Crippen LogP) is 1.94. The van der Waals surface area contributed by atoms with Crippen LogP contribution in [0.3, 0.4) is 0 Å². The Morgan fingerprint density at radius 2 is 2.25 bits per heavy atom. The Kier molecular flexibility index (Phi) is 4.34. The molecule has 1 heterocycles. The second kappa shape index (κ2) is 6.18. The van der Waals surface area contributed by atoms with Gasteiger partial charge in [-0.15, -0.1) is 0 Å². The highest BCUT2D eigenvalue weighted by molar-refractivity contribution is 5.98. The number of nitrogens with zero attached hydrogens (tertiary/aromatic N) is 1. The Morgan fingerprint density at radius 1 is 1.45 bits per heavy atom. The predicted molar refractivity (Wildman–Crippen MR) is 74.5 cm³/mol. The number of carboxylic acids is 1. The molecule has 0 bridgehead atoms. The van der Waals surface area contributed by atoms with E-state index in [9.17, 15) is 9.59 Å². The number of carbonyl (C=O) groups is 2. The lowest BCUT2D eigenvalue weighted by molar-refractivity contribution is -0.137. The van der Waals surface area contributed by atoms with E-state index in [-0.39, 0.29) is 18.4 Å². The zero-order valence-corrected chi connectivity index (χ0v) is 11.2. The SMILES string of the molecule is CCCC(CC(=O)O)NC(=O)c1ccc2[nH]ncc2c1. The van der Waals surface area contributed by atoms with Gasteiger partial charge in [-0.05, 0) is 24.6 Å². The molecule has 2 aromatic rings. The van der Waals surface area contributed by atoms with Crippen LogP contribution in [0.15, 0.2) is 24.4 Å². The van der Waals surface area contributed by atoms with Gasteiger partial charge in [0.1, 0.15) is 0 Å². The molecule has 1 atom stereocenters. The van der Waals surface area contributed by atoms with Crippen molar-refractivity contribution in [3.8, 4) is 0 Å². The van der Waals surface area contributed by atoms with E-state index < -0.39 is 5.97 Å². The average Bonchev–Trinajstić information content (AvgIpc) is 2.85. The van der Waals surface area contributed by atoms with Gasteiger partial charge in [-0.25, -0.2) is 0 Å². The maximum Gasteiger partial charge on any atom is 0.305 e. The van der Waals surface area contributed by atoms with Crippen molar-refractivity contribution in [2.45, 2.75) is 32.2 Å². The summed E-state index contributed by atoms with van der Waals surface area (Å²) in [7, 11) is 0. The number of nitrogens with one attached hydrogen (secondary N) is 2. The van der Waals surface area contributed by atoms with Crippen LogP contribution in [0.5, 0.6) is 0 Å². The normalized spacial score (nSPS) is 12.2. The van der Waals surface area contributed by atoms with Crippen molar-refractivity contribution in [2.75, 3.05) is 0 Å². The molecule has 0 aliphatic carbocycles. The van der Waals surface area contributed by atoms with Crippen LogP contribution in [-0.4, -0.2) is 33.2 Å². The van der Waals surface area contributed by atoms with Crippen molar-refractivity contribution >= 4 is 22.8 Å². The van der Waals surface area contributed by atoms with E-state index in [0.717, 1.165) is 17.3 Å². The molecule has 1 aromatic carbocycles. The highest BCUT2D eigenvalue weighted by Gasteiger charge is 2.16. The van der Waals surface area contributed by atoms with Gasteiger partial charge in [0, 0.05) is 17.0 Å². The van der Waals surface area contributed by atoms with Crippen LogP contribution in [0.1, 0.15) is 36.5 Å². The lowest BCUT2D eigenvalue weighted by Crippen LogP contribution is -2.36. The molecule has 1 amide bonds. The molecule has 6 nitrogen and oxygen atoms in total. The Morgan fingerprint density at radius 3 is 2.95 bits per heavy atom. The summed E-state index contributed by atoms with van der Waals surface area (Å²) < 4.78 is 0. The first-order chi connectivity index (χ1) is 9.60. The molecule has 0 fully saturated rings. The van der Waals surface area contributed by atoms with Crippen LogP contribution in [0.4, 0.5) is 0 Å². The fourth-order valence-corrected chi connectivity index (χ4v) is 2.14. The minimum Gasteiger partial charge on any atom is -0.481 e. The van der Waals surface area contributed by atoms with Gasteiger partial charge < -0.3 is 10.4 Å². The van der Waals surface area contributed by atoms with E-state index >= 15 is 0 Å². The van der Waals surface area contributed by atoms with Crippen molar-refractivity contribution in [1.29, 1.82) is 0 Å². The average molecular weight is 275 g/mol. The number of fused-ring (bicyclic) bond motifs is 1. The summed E-state index contributed by atoms with van der Waals surface area (Å²) in [5.41, 5.74) is 1.36. The zero-order chi connectivity index (χ0) is 14.5. The van der Waals surface area contributed by atoms with Crippen molar-refractivity contribution in [3.63, 3.8) is 0 Å². The summed E-state index contributed by atoms with van der Waals surface area (Å²) in [6.07, 6.45) is 3.05. The number of amides is 1. The number of benzene rings is 1. The second-order valence-electron chi connectivity index (χ2n) is 4.73. The lowest BCUT2D eigenvalue weighted by Gasteiger charge is -2.16. The summed E-state index contributed by atoms with van der Waals surface area (Å²) >= 11 is 0. The van der Waals surface area contributed by atoms with Crippen molar-refractivity contribution in [3.05, 3.63) is 30.0 Å². The molecule has 1 unspecified atom stereocenters. The van der Waals surface area contributed by atoms with Gasteiger partial charge in [0.2, 0.25) is 0 Å². The molecule has 2 rings (SSSR count). The minimum absolute atomic E-state index is 0.0620. The highest BCUT2D eigenvalue weighted by Crippen LogP contribution is 2.13. The van der Waals surface area contributed by atoms with Crippen LogP contribution >= 0.6 is 0 Å². The third-order valence-corrected chi connectivity index (χ3v) is 3.10. The number of hydrogen-bond acceptors (Lipinski definition) is 3. The summed E-state index contributed by atoms with van der Waals surface area (Å²) in [6, 6.07) is 4.87. The molecule has 0 saturated heterocycles. The van der Waals surface area contributed by atoms with E-state index in [1.165, 1.54) is 0 Å². The number of carbonyl (C=O) groups excluding carboxylic acids is 1. The van der Waals surface area contributed by atoms with Gasteiger partial charge in [-0.1, -0.05) is 13.3 Å². The first-order valence-electron chi connectivity index (χ1n) is 6.56. The number of aliphatic carboxylic acids is 1. The third-order valence-electron chi connectivity index (χ3n) is 3.10. The molecule has 0 spiro atoms. The van der Waals surface area contributed by atoms with Crippen LogP contribution in [0, 0.1) is 0 Å². The van der Waals surface area contributed by atoms with E-state index in [4.69, 9.17) is 5.11 Å². The number of carboxylic acid groups (broad SMARTS) is 1. The molecule has 20 heavy (non-hydrogen) atoms. The van der Waals surface area contributed by atoms with Crippen LogP contribution in [0.25, 0.3) is 10.9 Å². The molecular formula is C14H17N3O3. The standard InChI is InChI=1S/C14H17N3O3/c1-2-3-11(7-13(18)19)16-14(20)9-4-5-12-10(6-9)8-15-17-12/h4-6,8,11H,2-3,7H2,1H3,(H,15,17)(H,16,20)(H,18,19). The lowest BCUT2D eigenvalue weighted by atomic mass is 10.1. The quantitative estimate of drug-likeness (QED) is 0.750. The van der Waals surface area contributed by atoms with Gasteiger partial charge in [-0.3, -0.25) is 14.7 Å². The van der Waals surface area contributed by atoms with Gasteiger partial charge >= 0.3 is 5.97 Å². The number of rotatable bonds is 6. The minimum atomic E-state index is -0.908. The number of hydrogen-bond donors (Lipinski definition) is 3. The van der Waals surface area contributed by atoms with Crippen molar-refractivity contribution in [1.82, 2.24) is 15.5 Å². The topological polar surface area (TPSA) is 95.1 Å². The van der Waals surface area contributed by atoms with E-state index in [0.29, 0.717) is 12.0 Å². The van der Waals surface area contributed by atoms with Gasteiger partial charge in [-0.2, -0.15) is 5.10 Å². The second-order valence-corrected chi connectivity index (χ2v) is 4.73. The maximum atomic E-state index is 12.1. The Labute approximate surface area is 116 Å². The number of aromatic nitrogens is 2. The van der Waals surface area contributed by atoms with Crippen LogP contribution in [-0.2, 0) is 4.79 Å². The third kappa shape index (κ3) is 3.34. The summed E-state index contributed by atoms with van der Waals surface area (Å²) in [4.78, 5) is 22.9. The molecular weight excluding hydrogens is 258 g/mol. The van der Waals surface area contributed by atoms with Gasteiger partial charge in [0.15, 0.2) is 0 Å². The molecule has 0 saturated carbocycles. The monoisotopic (exact) mass is 275 g/mol. The van der Waals surface area contributed by atoms with Gasteiger partial charge in [0.25, 0.3) is 5.91 Å². The van der Waals surface area contributed by atoms with E-state index in [1.54, 1.807) is 24.4 Å². The Bertz CT molecular complexity index is 621. The van der Waals surface area contributed by atoms with Crippen molar-refractivity contribution in [2.24, 2.45) is 0 Å². The molecule has 6 heteroatoms. The Balaban J connectivity index is 2.10.